The van der Waals surface area contributed by atoms with Crippen molar-refractivity contribution in [2.75, 3.05) is 7.05 Å². The molecule has 3 N–H and O–H groups in total. The molecule has 1 aliphatic rings. The SMILES string of the molecule is CC(C)[C@@H]1NC(=O)[C@H](Cc2ccc(OC(C)(C)C)cc2)NC(=O)[C@H](C)N(C)C(=O)[C@H](Cc2ccccc2)NC(=O)CCCCC1=O. The number of ether oxygens (including phenoxy) is 1. The lowest BCUT2D eigenvalue weighted by atomic mass is 9.95. The van der Waals surface area contributed by atoms with E-state index in [-0.39, 0.29) is 48.9 Å². The highest BCUT2D eigenvalue weighted by Crippen LogP contribution is 2.20. The predicted octanol–water partition coefficient (Wildman–Crippen LogP) is 3.75. The molecular formula is C36H50N4O6. The molecule has 3 rings (SSSR count). The summed E-state index contributed by atoms with van der Waals surface area (Å²) in [5.74, 6) is -1.39. The van der Waals surface area contributed by atoms with Gasteiger partial charge in [-0.1, -0.05) is 56.3 Å². The number of nitrogens with one attached hydrogen (secondary N) is 3. The van der Waals surface area contributed by atoms with Crippen LogP contribution in [0, 0.1) is 5.92 Å². The second-order valence-corrected chi connectivity index (χ2v) is 13.5. The molecule has 10 nitrogen and oxygen atoms in total. The summed E-state index contributed by atoms with van der Waals surface area (Å²) in [5.41, 5.74) is 1.26. The fourth-order valence-electron chi connectivity index (χ4n) is 5.33. The second kappa shape index (κ2) is 16.4. The first kappa shape index (κ1) is 36.3. The number of Topliss-reactive ketones (excluding diaryl/α,β-unsaturated/α-hetero) is 1. The maximum absolute atomic E-state index is 13.7. The van der Waals surface area contributed by atoms with Crippen LogP contribution in [0.2, 0.25) is 0 Å². The van der Waals surface area contributed by atoms with Gasteiger partial charge in [-0.3, -0.25) is 24.0 Å². The fraction of sp³-hybridized carbons (Fsp3) is 0.528. The van der Waals surface area contributed by atoms with E-state index in [4.69, 9.17) is 4.74 Å². The lowest BCUT2D eigenvalue weighted by Gasteiger charge is -2.30. The van der Waals surface area contributed by atoms with Gasteiger partial charge in [-0.15, -0.1) is 0 Å². The van der Waals surface area contributed by atoms with Crippen LogP contribution in [0.4, 0.5) is 0 Å². The number of carbonyl (C=O) groups excluding carboxylic acids is 5. The summed E-state index contributed by atoms with van der Waals surface area (Å²) in [6, 6.07) is 13.0. The highest BCUT2D eigenvalue weighted by atomic mass is 16.5. The van der Waals surface area contributed by atoms with Gasteiger partial charge in [0.2, 0.25) is 23.6 Å². The van der Waals surface area contributed by atoms with E-state index in [1.54, 1.807) is 6.92 Å². The van der Waals surface area contributed by atoms with Gasteiger partial charge in [-0.25, -0.2) is 0 Å². The third-order valence-corrected chi connectivity index (χ3v) is 8.03. The Balaban J connectivity index is 1.92. The van der Waals surface area contributed by atoms with Crippen LogP contribution in [-0.4, -0.2) is 71.1 Å². The number of hydrogen-bond acceptors (Lipinski definition) is 6. The Morgan fingerprint density at radius 2 is 1.37 bits per heavy atom. The lowest BCUT2D eigenvalue weighted by molar-refractivity contribution is -0.142. The summed E-state index contributed by atoms with van der Waals surface area (Å²) in [5, 5.41) is 8.58. The fourth-order valence-corrected chi connectivity index (χ4v) is 5.33. The third kappa shape index (κ3) is 11.0. The van der Waals surface area contributed by atoms with E-state index < -0.39 is 41.9 Å². The quantitative estimate of drug-likeness (QED) is 0.443. The van der Waals surface area contributed by atoms with Gasteiger partial charge >= 0.3 is 0 Å². The van der Waals surface area contributed by atoms with E-state index in [0.717, 1.165) is 11.1 Å². The molecule has 0 aromatic heterocycles. The molecule has 1 aliphatic heterocycles. The number of amides is 4. The Hall–Kier alpha value is -4.21. The van der Waals surface area contributed by atoms with Crippen molar-refractivity contribution >= 4 is 29.4 Å². The van der Waals surface area contributed by atoms with E-state index in [1.807, 2.05) is 89.2 Å². The molecule has 4 amide bonds. The molecule has 250 valence electrons. The van der Waals surface area contributed by atoms with E-state index in [1.165, 1.54) is 11.9 Å². The van der Waals surface area contributed by atoms with Crippen molar-refractivity contribution in [1.82, 2.24) is 20.9 Å². The predicted molar refractivity (Wildman–Crippen MR) is 177 cm³/mol. The number of carbonyl (C=O) groups is 5. The minimum absolute atomic E-state index is 0.132. The van der Waals surface area contributed by atoms with Gasteiger partial charge in [-0.05, 0) is 69.7 Å². The topological polar surface area (TPSA) is 134 Å². The van der Waals surface area contributed by atoms with Gasteiger partial charge in [0.05, 0.1) is 6.04 Å². The van der Waals surface area contributed by atoms with Crippen molar-refractivity contribution in [3.05, 3.63) is 65.7 Å². The van der Waals surface area contributed by atoms with Crippen LogP contribution in [0.5, 0.6) is 5.75 Å². The van der Waals surface area contributed by atoms with Gasteiger partial charge in [-0.2, -0.15) is 0 Å². The Kier molecular flexibility index (Phi) is 12.9. The van der Waals surface area contributed by atoms with Crippen LogP contribution in [0.3, 0.4) is 0 Å². The summed E-state index contributed by atoms with van der Waals surface area (Å²) in [6.07, 6.45) is 1.65. The van der Waals surface area contributed by atoms with Crippen molar-refractivity contribution in [2.45, 2.75) is 110 Å². The van der Waals surface area contributed by atoms with Crippen molar-refractivity contribution in [3.63, 3.8) is 0 Å². The smallest absolute Gasteiger partial charge is 0.245 e. The first-order chi connectivity index (χ1) is 21.6. The van der Waals surface area contributed by atoms with Crippen LogP contribution in [0.25, 0.3) is 0 Å². The minimum Gasteiger partial charge on any atom is -0.488 e. The van der Waals surface area contributed by atoms with Crippen LogP contribution in [0.1, 0.15) is 78.4 Å². The van der Waals surface area contributed by atoms with Crippen LogP contribution in [0.15, 0.2) is 54.6 Å². The van der Waals surface area contributed by atoms with Gasteiger partial charge in [0, 0.05) is 32.7 Å². The molecule has 0 unspecified atom stereocenters. The van der Waals surface area contributed by atoms with Crippen LogP contribution < -0.4 is 20.7 Å². The number of rotatable bonds is 6. The van der Waals surface area contributed by atoms with Crippen molar-refractivity contribution in [2.24, 2.45) is 5.92 Å². The summed E-state index contributed by atoms with van der Waals surface area (Å²) >= 11 is 0. The number of benzene rings is 2. The lowest BCUT2D eigenvalue weighted by Crippen LogP contribution is -2.58. The summed E-state index contributed by atoms with van der Waals surface area (Å²) in [7, 11) is 1.52. The second-order valence-electron chi connectivity index (χ2n) is 13.5. The highest BCUT2D eigenvalue weighted by molar-refractivity contribution is 5.96. The molecule has 0 spiro atoms. The molecule has 2 aromatic carbocycles. The van der Waals surface area contributed by atoms with E-state index >= 15 is 0 Å². The van der Waals surface area contributed by atoms with Crippen molar-refractivity contribution in [3.8, 4) is 5.75 Å². The van der Waals surface area contributed by atoms with E-state index in [9.17, 15) is 24.0 Å². The summed E-state index contributed by atoms with van der Waals surface area (Å²) < 4.78 is 5.92. The third-order valence-electron chi connectivity index (χ3n) is 8.03. The molecule has 4 atom stereocenters. The highest BCUT2D eigenvalue weighted by Gasteiger charge is 2.33. The first-order valence-corrected chi connectivity index (χ1v) is 16.2. The van der Waals surface area contributed by atoms with E-state index in [0.29, 0.717) is 18.6 Å². The Morgan fingerprint density at radius 1 is 0.783 bits per heavy atom. The first-order valence-electron chi connectivity index (χ1n) is 16.2. The minimum atomic E-state index is -1.02. The molecule has 0 radical (unpaired) electrons. The van der Waals surface area contributed by atoms with Gasteiger partial charge in [0.25, 0.3) is 0 Å². The maximum Gasteiger partial charge on any atom is 0.245 e. The molecule has 0 saturated carbocycles. The Morgan fingerprint density at radius 3 is 1.98 bits per heavy atom. The zero-order valence-corrected chi connectivity index (χ0v) is 28.2. The number of hydrogen-bond donors (Lipinski definition) is 3. The Labute approximate surface area is 273 Å². The van der Waals surface area contributed by atoms with Crippen molar-refractivity contribution in [1.29, 1.82) is 0 Å². The van der Waals surface area contributed by atoms with E-state index in [2.05, 4.69) is 16.0 Å². The average Bonchev–Trinajstić information content (AvgIpc) is 3.00. The van der Waals surface area contributed by atoms with Gasteiger partial charge < -0.3 is 25.6 Å². The number of ketones is 1. The standard InChI is InChI=1S/C36H50N4O6/c1-23(2)32-30(41)15-11-12-16-31(42)37-29(22-25-13-9-8-10-14-25)35(45)40(7)24(3)33(43)38-28(34(44)39-32)21-26-17-19-27(20-18-26)46-36(4,5)6/h8-10,13-14,17-20,23-24,28-29,32H,11-12,15-16,21-22H2,1-7H3,(H,37,42)(H,38,43)(H,39,44)/t24-,28-,29-,32-/m0/s1. The average molecular weight is 635 g/mol. The molecule has 0 bridgehead atoms. The normalized spacial score (nSPS) is 23.0. The Bertz CT molecular complexity index is 1350. The molecular weight excluding hydrogens is 584 g/mol. The largest absolute Gasteiger partial charge is 0.488 e. The van der Waals surface area contributed by atoms with Crippen LogP contribution >= 0.6 is 0 Å². The molecule has 10 heteroatoms. The monoisotopic (exact) mass is 634 g/mol. The summed E-state index contributed by atoms with van der Waals surface area (Å²) in [6.45, 7) is 11.2. The maximum atomic E-state index is 13.7. The van der Waals surface area contributed by atoms with Crippen molar-refractivity contribution < 1.29 is 28.7 Å². The van der Waals surface area contributed by atoms with Gasteiger partial charge in [0.1, 0.15) is 29.5 Å². The molecule has 46 heavy (non-hydrogen) atoms. The zero-order valence-electron chi connectivity index (χ0n) is 28.2. The zero-order chi connectivity index (χ0) is 34.0. The number of nitrogens with zero attached hydrogens (tertiary/aromatic N) is 1. The molecule has 1 fully saturated rings. The molecule has 0 aliphatic carbocycles. The molecule has 1 saturated heterocycles. The molecule has 2 aromatic rings. The summed E-state index contributed by atoms with van der Waals surface area (Å²) in [4.78, 5) is 68.5. The molecule has 1 heterocycles. The number of likely N-dealkylation sites (N-methyl/N-ethyl adjacent to an activating group) is 1. The van der Waals surface area contributed by atoms with Crippen LogP contribution in [-0.2, 0) is 36.8 Å². The van der Waals surface area contributed by atoms with Gasteiger partial charge in [0.15, 0.2) is 5.78 Å².